The number of alkyl halides is 3. The molecule has 0 amide bonds. The second kappa shape index (κ2) is 4.40. The van der Waals surface area contributed by atoms with Crippen molar-refractivity contribution >= 4 is 0 Å². The van der Waals surface area contributed by atoms with E-state index < -0.39 is 11.7 Å². The minimum absolute atomic E-state index is 0.172. The van der Waals surface area contributed by atoms with Crippen LogP contribution in [-0.4, -0.2) is 0 Å². The molecule has 1 rings (SSSR count). The minimum atomic E-state index is -4.50. The largest absolute Gasteiger partial charge is 0.417 e. The lowest BCUT2D eigenvalue weighted by Gasteiger charge is -2.12. The monoisotopic (exact) mass is 225 g/mol. The fraction of sp³-hybridized carbons (Fsp3) is 0.250. The van der Waals surface area contributed by atoms with E-state index in [-0.39, 0.29) is 11.5 Å². The van der Waals surface area contributed by atoms with Crippen molar-refractivity contribution in [3.05, 3.63) is 47.5 Å². The minimum Gasteiger partial charge on any atom is -0.192 e. The molecule has 1 unspecified atom stereocenters. The highest BCUT2D eigenvalue weighted by Crippen LogP contribution is 2.33. The first-order chi connectivity index (χ1) is 7.40. The summed E-state index contributed by atoms with van der Waals surface area (Å²) in [5.41, 5.74) is -0.741. The molecule has 4 heteroatoms. The molecule has 0 aliphatic carbocycles. The average molecular weight is 225 g/mol. The zero-order valence-electron chi connectivity index (χ0n) is 8.67. The van der Waals surface area contributed by atoms with Crippen LogP contribution in [0.1, 0.15) is 29.5 Å². The van der Waals surface area contributed by atoms with Crippen LogP contribution in [-0.2, 0) is 6.18 Å². The van der Waals surface area contributed by atoms with Gasteiger partial charge in [0.2, 0.25) is 0 Å². The predicted octanol–water partition coefficient (Wildman–Crippen LogP) is 3.87. The maximum atomic E-state index is 12.6. The SMILES string of the molecule is C=CC(C)c1ccc(C#N)c(C(F)(F)F)c1. The second-order valence-electron chi connectivity index (χ2n) is 3.44. The van der Waals surface area contributed by atoms with Crippen molar-refractivity contribution < 1.29 is 13.2 Å². The van der Waals surface area contributed by atoms with Gasteiger partial charge in [-0.15, -0.1) is 6.58 Å². The number of nitriles is 1. The number of benzene rings is 1. The van der Waals surface area contributed by atoms with Crippen molar-refractivity contribution in [3.63, 3.8) is 0 Å². The third kappa shape index (κ3) is 2.43. The molecule has 0 saturated heterocycles. The number of rotatable bonds is 2. The lowest BCUT2D eigenvalue weighted by atomic mass is 9.96. The first-order valence-corrected chi connectivity index (χ1v) is 4.64. The number of nitrogens with zero attached hydrogens (tertiary/aromatic N) is 1. The van der Waals surface area contributed by atoms with E-state index in [0.717, 1.165) is 6.07 Å². The van der Waals surface area contributed by atoms with Crippen LogP contribution in [0, 0.1) is 11.3 Å². The van der Waals surface area contributed by atoms with Crippen LogP contribution in [0.25, 0.3) is 0 Å². The highest BCUT2D eigenvalue weighted by molar-refractivity contribution is 5.43. The van der Waals surface area contributed by atoms with Gasteiger partial charge in [0.05, 0.1) is 17.2 Å². The summed E-state index contributed by atoms with van der Waals surface area (Å²) < 4.78 is 37.8. The molecule has 0 aliphatic rings. The molecule has 1 aromatic rings. The van der Waals surface area contributed by atoms with Crippen LogP contribution in [0.2, 0.25) is 0 Å². The van der Waals surface area contributed by atoms with Crippen LogP contribution in [0.5, 0.6) is 0 Å². The Morgan fingerprint density at radius 2 is 2.06 bits per heavy atom. The van der Waals surface area contributed by atoms with Gasteiger partial charge < -0.3 is 0 Å². The molecule has 1 aromatic carbocycles. The summed E-state index contributed by atoms with van der Waals surface area (Å²) in [6, 6.07) is 5.25. The van der Waals surface area contributed by atoms with Gasteiger partial charge in [0.25, 0.3) is 0 Å². The van der Waals surface area contributed by atoms with Gasteiger partial charge in [-0.05, 0) is 23.6 Å². The Labute approximate surface area is 91.8 Å². The summed E-state index contributed by atoms with van der Waals surface area (Å²) in [6.07, 6.45) is -2.94. The summed E-state index contributed by atoms with van der Waals surface area (Å²) in [5.74, 6) is -0.172. The molecule has 0 bridgehead atoms. The normalized spacial score (nSPS) is 12.9. The van der Waals surface area contributed by atoms with Gasteiger partial charge >= 0.3 is 6.18 Å². The number of allylic oxidation sites excluding steroid dienone is 1. The molecule has 0 fully saturated rings. The van der Waals surface area contributed by atoms with Crippen molar-refractivity contribution in [2.45, 2.75) is 19.0 Å². The Morgan fingerprint density at radius 3 is 2.50 bits per heavy atom. The Morgan fingerprint density at radius 1 is 1.44 bits per heavy atom. The zero-order valence-corrected chi connectivity index (χ0v) is 8.67. The lowest BCUT2D eigenvalue weighted by Crippen LogP contribution is -2.09. The van der Waals surface area contributed by atoms with E-state index in [4.69, 9.17) is 5.26 Å². The summed E-state index contributed by atoms with van der Waals surface area (Å²) in [6.45, 7) is 5.27. The van der Waals surface area contributed by atoms with E-state index in [0.29, 0.717) is 5.56 Å². The number of hydrogen-bond donors (Lipinski definition) is 0. The van der Waals surface area contributed by atoms with E-state index in [9.17, 15) is 13.2 Å². The molecule has 0 aromatic heterocycles. The molecular weight excluding hydrogens is 215 g/mol. The topological polar surface area (TPSA) is 23.8 Å². The third-order valence-corrected chi connectivity index (χ3v) is 2.35. The Kier molecular flexibility index (Phi) is 3.38. The van der Waals surface area contributed by atoms with Gasteiger partial charge in [-0.25, -0.2) is 0 Å². The smallest absolute Gasteiger partial charge is 0.192 e. The average Bonchev–Trinajstić information content (AvgIpc) is 2.26. The summed E-state index contributed by atoms with van der Waals surface area (Å²) in [4.78, 5) is 0. The first-order valence-electron chi connectivity index (χ1n) is 4.64. The standard InChI is InChI=1S/C12H10F3N/c1-3-8(2)9-4-5-10(7-16)11(6-9)12(13,14)15/h3-6,8H,1H2,2H3. The number of halogens is 3. The van der Waals surface area contributed by atoms with E-state index in [1.54, 1.807) is 19.1 Å². The van der Waals surface area contributed by atoms with Gasteiger partial charge in [-0.2, -0.15) is 18.4 Å². The van der Waals surface area contributed by atoms with Crippen LogP contribution in [0.4, 0.5) is 13.2 Å². The van der Waals surface area contributed by atoms with Gasteiger partial charge in [-0.1, -0.05) is 19.1 Å². The van der Waals surface area contributed by atoms with Crippen LogP contribution in [0.15, 0.2) is 30.9 Å². The molecule has 0 aliphatic heterocycles. The van der Waals surface area contributed by atoms with Crippen molar-refractivity contribution in [2.24, 2.45) is 0 Å². The first kappa shape index (κ1) is 12.3. The van der Waals surface area contributed by atoms with Crippen LogP contribution in [0.3, 0.4) is 0 Å². The van der Waals surface area contributed by atoms with Gasteiger partial charge in [0, 0.05) is 0 Å². The fourth-order valence-electron chi connectivity index (χ4n) is 1.31. The molecule has 0 radical (unpaired) electrons. The highest BCUT2D eigenvalue weighted by Gasteiger charge is 2.33. The maximum Gasteiger partial charge on any atom is 0.417 e. The molecule has 0 saturated carbocycles. The molecule has 1 atom stereocenters. The quantitative estimate of drug-likeness (QED) is 0.701. The van der Waals surface area contributed by atoms with Crippen molar-refractivity contribution in [2.75, 3.05) is 0 Å². The van der Waals surface area contributed by atoms with E-state index >= 15 is 0 Å². The molecule has 0 spiro atoms. The summed E-state index contributed by atoms with van der Waals surface area (Å²) in [5, 5.41) is 8.60. The molecule has 0 heterocycles. The van der Waals surface area contributed by atoms with Gasteiger partial charge in [-0.3, -0.25) is 0 Å². The Bertz CT molecular complexity index is 441. The van der Waals surface area contributed by atoms with Gasteiger partial charge in [0.15, 0.2) is 0 Å². The van der Waals surface area contributed by atoms with E-state index in [1.807, 2.05) is 0 Å². The molecular formula is C12H10F3N. The van der Waals surface area contributed by atoms with Crippen molar-refractivity contribution in [1.82, 2.24) is 0 Å². The van der Waals surface area contributed by atoms with Crippen LogP contribution >= 0.6 is 0 Å². The van der Waals surface area contributed by atoms with Crippen LogP contribution < -0.4 is 0 Å². The Hall–Kier alpha value is -1.76. The number of hydrogen-bond acceptors (Lipinski definition) is 1. The van der Waals surface area contributed by atoms with E-state index in [1.165, 1.54) is 12.1 Å². The third-order valence-electron chi connectivity index (χ3n) is 2.35. The van der Waals surface area contributed by atoms with Crippen molar-refractivity contribution in [1.29, 1.82) is 5.26 Å². The summed E-state index contributed by atoms with van der Waals surface area (Å²) in [7, 11) is 0. The Balaban J connectivity index is 3.34. The molecule has 16 heavy (non-hydrogen) atoms. The highest BCUT2D eigenvalue weighted by atomic mass is 19.4. The fourth-order valence-corrected chi connectivity index (χ4v) is 1.31. The van der Waals surface area contributed by atoms with E-state index in [2.05, 4.69) is 6.58 Å². The van der Waals surface area contributed by atoms with Crippen molar-refractivity contribution in [3.8, 4) is 6.07 Å². The summed E-state index contributed by atoms with van der Waals surface area (Å²) >= 11 is 0. The molecule has 1 nitrogen and oxygen atoms in total. The zero-order chi connectivity index (χ0) is 12.3. The molecule has 84 valence electrons. The lowest BCUT2D eigenvalue weighted by molar-refractivity contribution is -0.137. The second-order valence-corrected chi connectivity index (χ2v) is 3.44. The van der Waals surface area contributed by atoms with Gasteiger partial charge in [0.1, 0.15) is 0 Å². The maximum absolute atomic E-state index is 12.6. The molecule has 0 N–H and O–H groups in total. The predicted molar refractivity (Wildman–Crippen MR) is 54.8 cm³/mol.